The number of aliphatic imine (C=N–C) groups is 1. The summed E-state index contributed by atoms with van der Waals surface area (Å²) in [5.74, 6) is -0.0987. The van der Waals surface area contributed by atoms with E-state index in [0.717, 1.165) is 35.2 Å². The van der Waals surface area contributed by atoms with Crippen LogP contribution in [0, 0.1) is 0 Å². The van der Waals surface area contributed by atoms with Crippen LogP contribution < -0.4 is 29.9 Å². The molecule has 0 saturated carbocycles. The van der Waals surface area contributed by atoms with Gasteiger partial charge in [-0.15, -0.1) is 0 Å². The molecule has 2 N–H and O–H groups in total. The Kier molecular flexibility index (Phi) is 8.47. The Bertz CT molecular complexity index is 1780. The topological polar surface area (TPSA) is 113 Å². The van der Waals surface area contributed by atoms with E-state index in [-0.39, 0.29) is 22.9 Å². The minimum absolute atomic E-state index is 0.131. The van der Waals surface area contributed by atoms with Crippen LogP contribution in [0.4, 0.5) is 17.1 Å². The smallest absolute Gasteiger partial charge is 0.319 e. The molecule has 1 saturated heterocycles. The Morgan fingerprint density at radius 1 is 1.02 bits per heavy atom. The molecule has 2 aliphatic heterocycles. The van der Waals surface area contributed by atoms with Crippen molar-refractivity contribution < 1.29 is 19.0 Å². The van der Waals surface area contributed by atoms with Gasteiger partial charge in [-0.3, -0.25) is 4.79 Å². The first kappa shape index (κ1) is 29.5. The summed E-state index contributed by atoms with van der Waals surface area (Å²) < 4.78 is 16.3. The summed E-state index contributed by atoms with van der Waals surface area (Å²) in [7, 11) is 4.63. The third-order valence-corrected chi connectivity index (χ3v) is 7.98. The maximum Gasteiger partial charge on any atom is 0.319 e. The van der Waals surface area contributed by atoms with Gasteiger partial charge >= 0.3 is 6.01 Å². The number of carbonyl (C=O) groups is 1. The molecule has 0 radical (unpaired) electrons. The van der Waals surface area contributed by atoms with Gasteiger partial charge in [0.1, 0.15) is 0 Å². The second-order valence-electron chi connectivity index (χ2n) is 10.1. The molecule has 1 aromatic heterocycles. The summed E-state index contributed by atoms with van der Waals surface area (Å²) in [4.78, 5) is 31.1. The number of ether oxygens (including phenoxy) is 3. The minimum Gasteiger partial charge on any atom is -0.480 e. The van der Waals surface area contributed by atoms with Crippen LogP contribution in [0.25, 0.3) is 10.8 Å². The van der Waals surface area contributed by atoms with Crippen molar-refractivity contribution in [1.82, 2.24) is 15.3 Å². The van der Waals surface area contributed by atoms with Crippen molar-refractivity contribution in [3.63, 3.8) is 0 Å². The number of carbonyl (C=O) groups excluding carboxylic acids is 1. The molecule has 1 unspecified atom stereocenters. The zero-order valence-corrected chi connectivity index (χ0v) is 25.9. The number of likely N-dealkylation sites (N-methyl/N-ethyl adjacent to an activating group) is 1. The van der Waals surface area contributed by atoms with E-state index >= 15 is 0 Å². The van der Waals surface area contributed by atoms with E-state index in [4.69, 9.17) is 43.0 Å². The van der Waals surface area contributed by atoms with Crippen molar-refractivity contribution in [3.8, 4) is 11.9 Å². The van der Waals surface area contributed by atoms with Crippen molar-refractivity contribution in [1.29, 1.82) is 0 Å². The number of aromatic nitrogens is 2. The van der Waals surface area contributed by atoms with Crippen molar-refractivity contribution >= 4 is 68.4 Å². The molecule has 13 heteroatoms. The Morgan fingerprint density at radius 2 is 1.77 bits per heavy atom. The van der Waals surface area contributed by atoms with Crippen LogP contribution in [0.5, 0.6) is 11.9 Å². The lowest BCUT2D eigenvalue weighted by Gasteiger charge is -2.30. The van der Waals surface area contributed by atoms with E-state index in [1.165, 1.54) is 19.1 Å². The van der Waals surface area contributed by atoms with Gasteiger partial charge in [0.2, 0.25) is 12.0 Å². The number of nitrogens with zero attached hydrogens (tertiary/aromatic N) is 5. The molecule has 1 atom stereocenters. The van der Waals surface area contributed by atoms with Crippen LogP contribution in [0.3, 0.4) is 0 Å². The molecule has 0 aliphatic carbocycles. The molecule has 3 aromatic carbocycles. The Hall–Kier alpha value is -4.52. The zero-order chi connectivity index (χ0) is 30.8. The lowest BCUT2D eigenvalue weighted by Crippen LogP contribution is -2.47. The molecule has 4 aromatic rings. The van der Waals surface area contributed by atoms with Crippen LogP contribution in [0.1, 0.15) is 11.1 Å². The van der Waals surface area contributed by atoms with Gasteiger partial charge in [0.15, 0.2) is 5.11 Å². The summed E-state index contributed by atoms with van der Waals surface area (Å²) in [5.41, 5.74) is 4.00. The van der Waals surface area contributed by atoms with E-state index < -0.39 is 6.17 Å². The number of anilines is 3. The molecular formula is C31H30ClN7O4S. The molecule has 11 nitrogen and oxygen atoms in total. The number of halogens is 1. The van der Waals surface area contributed by atoms with E-state index in [0.29, 0.717) is 40.8 Å². The van der Waals surface area contributed by atoms with Gasteiger partial charge in [0, 0.05) is 59.1 Å². The molecule has 1 fully saturated rings. The second-order valence-corrected chi connectivity index (χ2v) is 10.9. The lowest BCUT2D eigenvalue weighted by molar-refractivity contribution is -0.119. The van der Waals surface area contributed by atoms with Gasteiger partial charge in [-0.25, -0.2) is 9.98 Å². The number of hydrogen-bond acceptors (Lipinski definition) is 9. The van der Waals surface area contributed by atoms with Crippen LogP contribution >= 0.6 is 23.8 Å². The first-order valence-electron chi connectivity index (χ1n) is 13.9. The number of hydrogen-bond donors (Lipinski definition) is 2. The summed E-state index contributed by atoms with van der Waals surface area (Å²) in [5, 5.41) is 9.19. The van der Waals surface area contributed by atoms with Gasteiger partial charge in [-0.2, -0.15) is 4.98 Å². The fourth-order valence-electron chi connectivity index (χ4n) is 5.38. The van der Waals surface area contributed by atoms with Gasteiger partial charge in [0.05, 0.1) is 44.4 Å². The highest BCUT2D eigenvalue weighted by Crippen LogP contribution is 2.34. The number of fused-ring (bicyclic) bond motifs is 2. The number of nitrogens with one attached hydrogen (secondary N) is 2. The highest BCUT2D eigenvalue weighted by atomic mass is 35.5. The average Bonchev–Trinajstić information content (AvgIpc) is 3.15. The molecule has 3 heterocycles. The molecule has 226 valence electrons. The van der Waals surface area contributed by atoms with Gasteiger partial charge in [0.25, 0.3) is 5.91 Å². The number of benzodiazepines with no additional fused rings is 1. The third kappa shape index (κ3) is 5.71. The van der Waals surface area contributed by atoms with Crippen LogP contribution in [0.15, 0.2) is 65.8 Å². The zero-order valence-electron chi connectivity index (χ0n) is 24.3. The molecular weight excluding hydrogens is 602 g/mol. The van der Waals surface area contributed by atoms with E-state index in [1.807, 2.05) is 24.3 Å². The summed E-state index contributed by atoms with van der Waals surface area (Å²) >= 11 is 12.2. The first-order chi connectivity index (χ1) is 21.4. The van der Waals surface area contributed by atoms with Gasteiger partial charge in [-0.05, 0) is 42.5 Å². The van der Waals surface area contributed by atoms with Gasteiger partial charge < -0.3 is 34.6 Å². The molecule has 0 spiro atoms. The fourth-order valence-corrected chi connectivity index (χ4v) is 5.77. The monoisotopic (exact) mass is 631 g/mol. The van der Waals surface area contributed by atoms with Crippen LogP contribution in [-0.2, 0) is 9.53 Å². The van der Waals surface area contributed by atoms with Crippen molar-refractivity contribution in [2.75, 3.05) is 62.7 Å². The Balaban J connectivity index is 1.35. The molecule has 2 aliphatic rings. The normalized spacial score (nSPS) is 16.6. The molecule has 6 rings (SSSR count). The van der Waals surface area contributed by atoms with Crippen molar-refractivity contribution in [2.45, 2.75) is 6.17 Å². The summed E-state index contributed by atoms with van der Waals surface area (Å²) in [6, 6.07) is 17.6. The number of methoxy groups -OCH3 is 2. The number of amides is 1. The van der Waals surface area contributed by atoms with E-state index in [9.17, 15) is 4.79 Å². The fraction of sp³-hybridized carbons (Fsp3) is 0.258. The SMILES string of the molecule is COc1ncc(C2=NC(NC(=S)Nc3ccc(N4CCOCC4)c4ccccc34)C(=O)N(C)c3ccc(Cl)cc32)c(OC)n1. The first-order valence-corrected chi connectivity index (χ1v) is 14.7. The molecule has 44 heavy (non-hydrogen) atoms. The number of rotatable bonds is 6. The Labute approximate surface area is 264 Å². The summed E-state index contributed by atoms with van der Waals surface area (Å²) in [6.45, 7) is 3.04. The predicted molar refractivity (Wildman–Crippen MR) is 176 cm³/mol. The molecule has 1 amide bonds. The average molecular weight is 632 g/mol. The van der Waals surface area contributed by atoms with Crippen LogP contribution in [-0.4, -0.2) is 80.4 Å². The highest BCUT2D eigenvalue weighted by molar-refractivity contribution is 7.80. The quantitative estimate of drug-likeness (QED) is 0.299. The van der Waals surface area contributed by atoms with E-state index in [1.54, 1.807) is 31.4 Å². The number of benzene rings is 3. The number of thiocarbonyl (C=S) groups is 1. The predicted octanol–water partition coefficient (Wildman–Crippen LogP) is 4.26. The second kappa shape index (κ2) is 12.6. The van der Waals surface area contributed by atoms with Crippen molar-refractivity contribution in [3.05, 3.63) is 76.9 Å². The van der Waals surface area contributed by atoms with Crippen LogP contribution in [0.2, 0.25) is 5.02 Å². The lowest BCUT2D eigenvalue weighted by atomic mass is 10.0. The summed E-state index contributed by atoms with van der Waals surface area (Å²) in [6.07, 6.45) is 0.451. The van der Waals surface area contributed by atoms with Gasteiger partial charge in [-0.1, -0.05) is 35.9 Å². The maximum absolute atomic E-state index is 13.8. The largest absolute Gasteiger partial charge is 0.480 e. The van der Waals surface area contributed by atoms with Crippen molar-refractivity contribution in [2.24, 2.45) is 4.99 Å². The maximum atomic E-state index is 13.8. The highest BCUT2D eigenvalue weighted by Gasteiger charge is 2.32. The Morgan fingerprint density at radius 3 is 2.52 bits per heavy atom. The third-order valence-electron chi connectivity index (χ3n) is 7.53. The molecule has 0 bridgehead atoms. The minimum atomic E-state index is -1.09. The number of morpholine rings is 1. The standard InChI is InChI=1S/C31H30ClN7O4S/c1-38-24-10-8-18(32)16-21(24)26(22-17-33-30(42-3)37-28(22)41-2)35-27(29(38)40)36-31(44)34-23-9-11-25(39-12-14-43-15-13-39)20-7-5-4-6-19(20)23/h4-11,16-17,27H,12-15H2,1-3H3,(H2,34,36,44). The van der Waals surface area contributed by atoms with E-state index in [2.05, 4.69) is 37.6 Å².